The van der Waals surface area contributed by atoms with Gasteiger partial charge in [0.1, 0.15) is 11.2 Å². The van der Waals surface area contributed by atoms with E-state index in [4.69, 9.17) is 4.42 Å². The SMILES string of the molecule is [2H]c1c([2H])c(N(c2ccc(-c3cccc4ccccc34)cc2)c2ccccc2-c2ccc3c(c2)oc2c4ccccc4ccc32)c([2H])c([2H])c1-c1cccc2ccccc12. The molecule has 0 bridgehead atoms. The molecule has 2 nitrogen and oxygen atoms in total. The van der Waals surface area contributed by atoms with Crippen LogP contribution in [0.2, 0.25) is 0 Å². The highest BCUT2D eigenvalue weighted by molar-refractivity contribution is 6.15. The summed E-state index contributed by atoms with van der Waals surface area (Å²) in [5.41, 5.74) is 7.95. The van der Waals surface area contributed by atoms with Crippen LogP contribution in [0.1, 0.15) is 5.48 Å². The molecular formula is C54H35NO. The molecule has 1 heterocycles. The van der Waals surface area contributed by atoms with E-state index in [1.54, 1.807) is 0 Å². The fraction of sp³-hybridized carbons (Fsp3) is 0. The zero-order valence-corrected chi connectivity index (χ0v) is 30.3. The number of hydrogen-bond donors (Lipinski definition) is 0. The molecule has 10 aromatic carbocycles. The van der Waals surface area contributed by atoms with Crippen LogP contribution in [-0.4, -0.2) is 0 Å². The number of nitrogens with zero attached hydrogens (tertiary/aromatic N) is 1. The molecule has 0 radical (unpaired) electrons. The van der Waals surface area contributed by atoms with E-state index in [2.05, 4.69) is 84.9 Å². The van der Waals surface area contributed by atoms with Gasteiger partial charge in [0.2, 0.25) is 0 Å². The number of rotatable bonds is 6. The molecular weight excluding hydrogens is 679 g/mol. The molecule has 262 valence electrons. The lowest BCUT2D eigenvalue weighted by atomic mass is 9.96. The molecule has 0 N–H and O–H groups in total. The van der Waals surface area contributed by atoms with E-state index in [1.807, 2.05) is 108 Å². The van der Waals surface area contributed by atoms with Gasteiger partial charge in [0.05, 0.1) is 11.2 Å². The minimum atomic E-state index is -0.133. The topological polar surface area (TPSA) is 16.4 Å². The first kappa shape index (κ1) is 28.1. The Kier molecular flexibility index (Phi) is 6.60. The maximum atomic E-state index is 9.69. The highest BCUT2D eigenvalue weighted by atomic mass is 16.3. The molecule has 2 heteroatoms. The van der Waals surface area contributed by atoms with Crippen molar-refractivity contribution in [2.75, 3.05) is 4.90 Å². The van der Waals surface area contributed by atoms with Crippen molar-refractivity contribution < 1.29 is 9.90 Å². The predicted molar refractivity (Wildman–Crippen MR) is 237 cm³/mol. The van der Waals surface area contributed by atoms with Gasteiger partial charge < -0.3 is 9.32 Å². The zero-order chi connectivity index (χ0) is 40.5. The van der Waals surface area contributed by atoms with E-state index in [0.717, 1.165) is 76.5 Å². The number of hydrogen-bond acceptors (Lipinski definition) is 2. The van der Waals surface area contributed by atoms with Crippen molar-refractivity contribution in [2.24, 2.45) is 0 Å². The molecule has 0 saturated carbocycles. The van der Waals surface area contributed by atoms with E-state index in [-0.39, 0.29) is 35.4 Å². The Labute approximate surface area is 330 Å². The molecule has 0 spiro atoms. The van der Waals surface area contributed by atoms with Crippen LogP contribution in [0.4, 0.5) is 17.1 Å². The minimum Gasteiger partial charge on any atom is -0.455 e. The summed E-state index contributed by atoms with van der Waals surface area (Å²) in [5, 5.41) is 8.37. The van der Waals surface area contributed by atoms with Gasteiger partial charge in [0.25, 0.3) is 0 Å². The average Bonchev–Trinajstić information content (AvgIpc) is 3.68. The Morgan fingerprint density at radius 2 is 0.893 bits per heavy atom. The molecule has 0 fully saturated rings. The van der Waals surface area contributed by atoms with Gasteiger partial charge in [-0.2, -0.15) is 0 Å². The molecule has 11 rings (SSSR count). The minimum absolute atomic E-state index is 0.104. The Bertz CT molecular complexity index is 3460. The predicted octanol–water partition coefficient (Wildman–Crippen LogP) is 15.5. The van der Waals surface area contributed by atoms with E-state index in [9.17, 15) is 5.48 Å². The van der Waals surface area contributed by atoms with Crippen molar-refractivity contribution >= 4 is 71.3 Å². The summed E-state index contributed by atoms with van der Waals surface area (Å²) >= 11 is 0. The van der Waals surface area contributed by atoms with Crippen LogP contribution in [0.5, 0.6) is 0 Å². The summed E-state index contributed by atoms with van der Waals surface area (Å²) in [7, 11) is 0. The van der Waals surface area contributed by atoms with Crippen molar-refractivity contribution in [2.45, 2.75) is 0 Å². The van der Waals surface area contributed by atoms with Gasteiger partial charge in [-0.3, -0.25) is 0 Å². The van der Waals surface area contributed by atoms with Gasteiger partial charge in [-0.15, -0.1) is 0 Å². The number of furan rings is 1. The Hall–Kier alpha value is -7.42. The van der Waals surface area contributed by atoms with E-state index in [1.165, 1.54) is 0 Å². The molecule has 11 aromatic rings. The number of benzene rings is 10. The van der Waals surface area contributed by atoms with Crippen LogP contribution in [0.3, 0.4) is 0 Å². The Morgan fingerprint density at radius 3 is 1.61 bits per heavy atom. The molecule has 0 amide bonds. The first-order chi connectivity index (χ1) is 29.4. The largest absolute Gasteiger partial charge is 0.455 e. The molecule has 0 unspecified atom stereocenters. The Balaban J connectivity index is 1.12. The molecule has 56 heavy (non-hydrogen) atoms. The standard InChI is InChI=1S/C54H35NO/c1-4-16-44-36(11-1)14-9-20-46(44)39-23-29-42(30-24-39)55(43-31-25-40(26-32-43)47-21-10-15-37-12-2-5-17-45(37)47)52-22-8-7-18-48(52)41-28-33-50-51-34-27-38-13-3-6-19-49(38)54(51)56-53(50)35-41/h1-35H/i23D,24D,29D,30D. The van der Waals surface area contributed by atoms with Crippen molar-refractivity contribution in [1.29, 1.82) is 0 Å². The molecule has 0 aliphatic heterocycles. The maximum Gasteiger partial charge on any atom is 0.143 e. The van der Waals surface area contributed by atoms with Crippen LogP contribution in [0.15, 0.2) is 217 Å². The normalized spacial score (nSPS) is 12.6. The van der Waals surface area contributed by atoms with Crippen molar-refractivity contribution in [3.05, 3.63) is 212 Å². The molecule has 0 aliphatic carbocycles. The van der Waals surface area contributed by atoms with Gasteiger partial charge >= 0.3 is 0 Å². The van der Waals surface area contributed by atoms with Crippen molar-refractivity contribution in [3.8, 4) is 33.4 Å². The lowest BCUT2D eigenvalue weighted by Crippen LogP contribution is -2.11. The van der Waals surface area contributed by atoms with E-state index in [0.29, 0.717) is 16.9 Å². The highest BCUT2D eigenvalue weighted by Crippen LogP contribution is 2.44. The first-order valence-electron chi connectivity index (χ1n) is 20.8. The molecule has 0 saturated heterocycles. The van der Waals surface area contributed by atoms with Gasteiger partial charge in [-0.05, 0) is 103 Å². The van der Waals surface area contributed by atoms with Gasteiger partial charge in [-0.25, -0.2) is 0 Å². The first-order valence-corrected chi connectivity index (χ1v) is 18.8. The molecule has 1 aromatic heterocycles. The Morgan fingerprint density at radius 1 is 0.357 bits per heavy atom. The van der Waals surface area contributed by atoms with Crippen molar-refractivity contribution in [1.82, 2.24) is 0 Å². The number of fused-ring (bicyclic) bond motifs is 7. The molecule has 0 aliphatic rings. The molecule has 0 atom stereocenters. The fourth-order valence-corrected chi connectivity index (χ4v) is 8.24. The van der Waals surface area contributed by atoms with Crippen LogP contribution in [-0.2, 0) is 0 Å². The third kappa shape index (κ3) is 5.34. The second-order valence-corrected chi connectivity index (χ2v) is 14.2. The average molecular weight is 718 g/mol. The van der Waals surface area contributed by atoms with Gasteiger partial charge in [0, 0.05) is 33.1 Å². The highest BCUT2D eigenvalue weighted by Gasteiger charge is 2.19. The van der Waals surface area contributed by atoms with Crippen LogP contribution >= 0.6 is 0 Å². The second kappa shape index (κ2) is 13.2. The third-order valence-corrected chi connectivity index (χ3v) is 10.9. The fourth-order valence-electron chi connectivity index (χ4n) is 8.24. The summed E-state index contributed by atoms with van der Waals surface area (Å²) in [6.45, 7) is 0. The van der Waals surface area contributed by atoms with Gasteiger partial charge in [-0.1, -0.05) is 164 Å². The van der Waals surface area contributed by atoms with Crippen molar-refractivity contribution in [3.63, 3.8) is 0 Å². The smallest absolute Gasteiger partial charge is 0.143 e. The summed E-state index contributed by atoms with van der Waals surface area (Å²) in [5.74, 6) is 0. The maximum absolute atomic E-state index is 9.69. The lowest BCUT2D eigenvalue weighted by Gasteiger charge is -2.28. The number of anilines is 3. The monoisotopic (exact) mass is 717 g/mol. The van der Waals surface area contributed by atoms with Crippen LogP contribution in [0, 0.1) is 0 Å². The van der Waals surface area contributed by atoms with E-state index < -0.39 is 0 Å². The number of para-hydroxylation sites is 1. The second-order valence-electron chi connectivity index (χ2n) is 14.2. The summed E-state index contributed by atoms with van der Waals surface area (Å²) in [6.07, 6.45) is 0. The summed E-state index contributed by atoms with van der Waals surface area (Å²) in [6, 6.07) is 62.6. The summed E-state index contributed by atoms with van der Waals surface area (Å²) < 4.78 is 45.0. The van der Waals surface area contributed by atoms with Crippen LogP contribution < -0.4 is 4.90 Å². The van der Waals surface area contributed by atoms with Gasteiger partial charge in [0.15, 0.2) is 0 Å². The lowest BCUT2D eigenvalue weighted by molar-refractivity contribution is 0.673. The quantitative estimate of drug-likeness (QED) is 0.170. The van der Waals surface area contributed by atoms with Crippen LogP contribution in [0.25, 0.3) is 87.6 Å². The third-order valence-electron chi connectivity index (χ3n) is 10.9. The van der Waals surface area contributed by atoms with E-state index >= 15 is 0 Å². The zero-order valence-electron chi connectivity index (χ0n) is 34.3. The summed E-state index contributed by atoms with van der Waals surface area (Å²) in [4.78, 5) is 1.88.